The monoisotopic (exact) mass is 186 g/mol. The van der Waals surface area contributed by atoms with Crippen LogP contribution in [-0.2, 0) is 4.79 Å². The molecule has 0 aromatic carbocycles. The molecule has 2 atom stereocenters. The van der Waals surface area contributed by atoms with E-state index in [0.29, 0.717) is 13.0 Å². The first kappa shape index (κ1) is 9.79. The molecule has 1 heterocycles. The fraction of sp³-hybridized carbons (Fsp3) is 0.714. The Balaban J connectivity index is 2.36. The summed E-state index contributed by atoms with van der Waals surface area (Å²) in [4.78, 5) is 10.8. The maximum Gasteiger partial charge on any atom is 0.221 e. The quantitative estimate of drug-likeness (QED) is 0.188. The summed E-state index contributed by atoms with van der Waals surface area (Å²) in [5.74, 6) is 0.156. The Kier molecular flexibility index (Phi) is 3.07. The topological polar surface area (TPSA) is 99.7 Å². The number of amides is 1. The van der Waals surface area contributed by atoms with Gasteiger partial charge < -0.3 is 21.6 Å². The van der Waals surface area contributed by atoms with Crippen molar-refractivity contribution in [2.75, 3.05) is 6.54 Å². The summed E-state index contributed by atoms with van der Waals surface area (Å²) < 4.78 is 0. The average molecular weight is 186 g/mol. The van der Waals surface area contributed by atoms with E-state index in [4.69, 9.17) is 10.9 Å². The van der Waals surface area contributed by atoms with Crippen molar-refractivity contribution in [1.29, 1.82) is 0 Å². The molecule has 1 amide bonds. The zero-order valence-corrected chi connectivity index (χ0v) is 7.45. The number of hydrogen-bond donors (Lipinski definition) is 4. The fourth-order valence-corrected chi connectivity index (χ4v) is 1.25. The first-order valence-electron chi connectivity index (χ1n) is 4.13. The van der Waals surface area contributed by atoms with Crippen molar-refractivity contribution in [3.63, 3.8) is 0 Å². The number of oxime groups is 1. The van der Waals surface area contributed by atoms with E-state index >= 15 is 0 Å². The Morgan fingerprint density at radius 3 is 3.08 bits per heavy atom. The standard InChI is InChI=1S/C7H14N4O2/c1-4(7(8)11-13)10-5-2-6(12)9-3-5/h4-5,10,13H,2-3H2,1H3,(H2,8,11)(H,9,12). The van der Waals surface area contributed by atoms with Gasteiger partial charge in [0.15, 0.2) is 5.84 Å². The first-order valence-corrected chi connectivity index (χ1v) is 4.13. The molecule has 1 rings (SSSR count). The van der Waals surface area contributed by atoms with Crippen molar-refractivity contribution in [2.45, 2.75) is 25.4 Å². The van der Waals surface area contributed by atoms with Crippen molar-refractivity contribution >= 4 is 11.7 Å². The molecule has 5 N–H and O–H groups in total. The lowest BCUT2D eigenvalue weighted by Gasteiger charge is -2.16. The average Bonchev–Trinajstić information content (AvgIpc) is 2.49. The van der Waals surface area contributed by atoms with Crippen LogP contribution in [0.4, 0.5) is 0 Å². The summed E-state index contributed by atoms with van der Waals surface area (Å²) in [6.07, 6.45) is 0.447. The van der Waals surface area contributed by atoms with E-state index in [1.807, 2.05) is 0 Å². The van der Waals surface area contributed by atoms with Crippen LogP contribution in [0.3, 0.4) is 0 Å². The zero-order valence-electron chi connectivity index (χ0n) is 7.45. The minimum Gasteiger partial charge on any atom is -0.409 e. The third kappa shape index (κ3) is 2.59. The molecule has 1 fully saturated rings. The molecule has 6 nitrogen and oxygen atoms in total. The van der Waals surface area contributed by atoms with Crippen molar-refractivity contribution in [3.8, 4) is 0 Å². The second-order valence-corrected chi connectivity index (χ2v) is 3.12. The summed E-state index contributed by atoms with van der Waals surface area (Å²) in [5.41, 5.74) is 5.36. The molecule has 0 aliphatic carbocycles. The SMILES string of the molecule is CC(NC1CNC(=O)C1)C(N)=NO. The molecule has 13 heavy (non-hydrogen) atoms. The van der Waals surface area contributed by atoms with Crippen LogP contribution in [0.15, 0.2) is 5.16 Å². The lowest BCUT2D eigenvalue weighted by Crippen LogP contribution is -2.45. The maximum atomic E-state index is 10.8. The molecular formula is C7H14N4O2. The van der Waals surface area contributed by atoms with Gasteiger partial charge in [0.05, 0.1) is 6.04 Å². The van der Waals surface area contributed by atoms with E-state index in [1.54, 1.807) is 6.92 Å². The van der Waals surface area contributed by atoms with Crippen molar-refractivity contribution < 1.29 is 10.0 Å². The van der Waals surface area contributed by atoms with Crippen LogP contribution >= 0.6 is 0 Å². The number of nitrogens with zero attached hydrogens (tertiary/aromatic N) is 1. The predicted molar refractivity (Wildman–Crippen MR) is 47.4 cm³/mol. The summed E-state index contributed by atoms with van der Waals surface area (Å²) in [6.45, 7) is 2.37. The van der Waals surface area contributed by atoms with E-state index in [0.717, 1.165) is 0 Å². The van der Waals surface area contributed by atoms with Gasteiger partial charge in [-0.25, -0.2) is 0 Å². The highest BCUT2D eigenvalue weighted by atomic mass is 16.4. The number of amidine groups is 1. The minimum absolute atomic E-state index is 0.0317. The van der Waals surface area contributed by atoms with Crippen LogP contribution < -0.4 is 16.4 Å². The molecule has 0 spiro atoms. The molecule has 0 aromatic rings. The summed E-state index contributed by atoms with van der Waals surface area (Å²) in [5, 5.41) is 17.0. The molecule has 0 saturated carbocycles. The number of carbonyl (C=O) groups is 1. The van der Waals surface area contributed by atoms with Crippen molar-refractivity contribution in [2.24, 2.45) is 10.9 Å². The second-order valence-electron chi connectivity index (χ2n) is 3.12. The lowest BCUT2D eigenvalue weighted by atomic mass is 10.2. The normalized spacial score (nSPS) is 25.8. The molecule has 1 aliphatic heterocycles. The van der Waals surface area contributed by atoms with E-state index in [-0.39, 0.29) is 23.8 Å². The molecule has 1 saturated heterocycles. The number of hydrogen-bond acceptors (Lipinski definition) is 4. The number of carbonyl (C=O) groups excluding carboxylic acids is 1. The highest BCUT2D eigenvalue weighted by Gasteiger charge is 2.23. The predicted octanol–water partition coefficient (Wildman–Crippen LogP) is -1.40. The van der Waals surface area contributed by atoms with Gasteiger partial charge in [-0.2, -0.15) is 0 Å². The number of nitrogens with two attached hydrogens (primary N) is 1. The van der Waals surface area contributed by atoms with Crippen LogP contribution in [-0.4, -0.2) is 35.6 Å². The summed E-state index contributed by atoms with van der Waals surface area (Å²) in [6, 6.07) is -0.148. The molecule has 0 bridgehead atoms. The van der Waals surface area contributed by atoms with Gasteiger partial charge in [0.25, 0.3) is 0 Å². The molecular weight excluding hydrogens is 172 g/mol. The van der Waals surface area contributed by atoms with Crippen LogP contribution in [0.25, 0.3) is 0 Å². The van der Waals surface area contributed by atoms with Gasteiger partial charge in [-0.15, -0.1) is 0 Å². The van der Waals surface area contributed by atoms with Gasteiger partial charge in [0, 0.05) is 19.0 Å². The van der Waals surface area contributed by atoms with Gasteiger partial charge in [-0.05, 0) is 6.92 Å². The highest BCUT2D eigenvalue weighted by Crippen LogP contribution is 2.00. The van der Waals surface area contributed by atoms with Gasteiger partial charge in [0.1, 0.15) is 0 Å². The third-order valence-electron chi connectivity index (χ3n) is 2.02. The van der Waals surface area contributed by atoms with Crippen LogP contribution in [0.5, 0.6) is 0 Å². The van der Waals surface area contributed by atoms with Crippen LogP contribution in [0.1, 0.15) is 13.3 Å². The van der Waals surface area contributed by atoms with Gasteiger partial charge in [-0.3, -0.25) is 4.79 Å². The van der Waals surface area contributed by atoms with Gasteiger partial charge in [-0.1, -0.05) is 5.16 Å². The van der Waals surface area contributed by atoms with Crippen LogP contribution in [0.2, 0.25) is 0 Å². The van der Waals surface area contributed by atoms with Gasteiger partial charge >= 0.3 is 0 Å². The maximum absolute atomic E-state index is 10.8. The van der Waals surface area contributed by atoms with E-state index in [2.05, 4.69) is 15.8 Å². The molecule has 6 heteroatoms. The van der Waals surface area contributed by atoms with E-state index in [1.165, 1.54) is 0 Å². The Morgan fingerprint density at radius 1 is 1.92 bits per heavy atom. The third-order valence-corrected chi connectivity index (χ3v) is 2.02. The van der Waals surface area contributed by atoms with Crippen molar-refractivity contribution in [3.05, 3.63) is 0 Å². The summed E-state index contributed by atoms with van der Waals surface area (Å²) in [7, 11) is 0. The second kappa shape index (κ2) is 4.08. The molecule has 0 radical (unpaired) electrons. The number of nitrogens with one attached hydrogen (secondary N) is 2. The Morgan fingerprint density at radius 2 is 2.62 bits per heavy atom. The Bertz CT molecular complexity index is 229. The Labute approximate surface area is 76.2 Å². The van der Waals surface area contributed by atoms with Crippen molar-refractivity contribution in [1.82, 2.24) is 10.6 Å². The molecule has 1 aliphatic rings. The smallest absolute Gasteiger partial charge is 0.221 e. The van der Waals surface area contributed by atoms with Crippen LogP contribution in [0, 0.1) is 0 Å². The van der Waals surface area contributed by atoms with E-state index < -0.39 is 0 Å². The summed E-state index contributed by atoms with van der Waals surface area (Å²) >= 11 is 0. The first-order chi connectivity index (χ1) is 6.13. The molecule has 74 valence electrons. The molecule has 0 aromatic heterocycles. The number of rotatable bonds is 3. The van der Waals surface area contributed by atoms with E-state index in [9.17, 15) is 4.79 Å². The fourth-order valence-electron chi connectivity index (χ4n) is 1.25. The van der Waals surface area contributed by atoms with Gasteiger partial charge in [0.2, 0.25) is 5.91 Å². The Hall–Kier alpha value is -1.30. The zero-order chi connectivity index (χ0) is 9.84. The largest absolute Gasteiger partial charge is 0.409 e. The lowest BCUT2D eigenvalue weighted by molar-refractivity contribution is -0.119. The highest BCUT2D eigenvalue weighted by molar-refractivity contribution is 5.85. The minimum atomic E-state index is -0.220. The molecule has 2 unspecified atom stereocenters.